The van der Waals surface area contributed by atoms with Crippen molar-refractivity contribution in [2.75, 3.05) is 4.72 Å². The molecule has 9 heteroatoms. The number of non-ortho nitro benzene ring substituents is 1. The monoisotopic (exact) mass is 387 g/mol. The summed E-state index contributed by atoms with van der Waals surface area (Å²) in [6.07, 6.45) is 3.00. The van der Waals surface area contributed by atoms with Crippen LogP contribution in [0.15, 0.2) is 87.7 Å². The Bertz CT molecular complexity index is 1020. The highest BCUT2D eigenvalue weighted by atomic mass is 32.2. The predicted octanol–water partition coefficient (Wildman–Crippen LogP) is 3.94. The van der Waals surface area contributed by atoms with Gasteiger partial charge in [-0.15, -0.1) is 0 Å². The molecule has 0 spiro atoms. The van der Waals surface area contributed by atoms with Gasteiger partial charge in [0.2, 0.25) is 0 Å². The number of aromatic nitrogens is 1. The van der Waals surface area contributed by atoms with Crippen LogP contribution < -0.4 is 4.72 Å². The second kappa shape index (κ2) is 7.54. The van der Waals surface area contributed by atoms with Crippen LogP contribution in [0.5, 0.6) is 0 Å². The van der Waals surface area contributed by atoms with Crippen molar-refractivity contribution < 1.29 is 13.3 Å². The Kier molecular flexibility index (Phi) is 5.19. The van der Waals surface area contributed by atoms with E-state index in [0.717, 1.165) is 4.90 Å². The van der Waals surface area contributed by atoms with E-state index in [-0.39, 0.29) is 10.6 Å². The summed E-state index contributed by atoms with van der Waals surface area (Å²) in [4.78, 5) is 15.7. The van der Waals surface area contributed by atoms with Gasteiger partial charge in [0.05, 0.1) is 15.5 Å². The maximum Gasteiger partial charge on any atom is 0.269 e. The van der Waals surface area contributed by atoms with Gasteiger partial charge in [-0.25, -0.2) is 8.42 Å². The van der Waals surface area contributed by atoms with E-state index >= 15 is 0 Å². The van der Waals surface area contributed by atoms with Gasteiger partial charge < -0.3 is 0 Å². The summed E-state index contributed by atoms with van der Waals surface area (Å²) in [5.41, 5.74) is 0.431. The second-order valence-electron chi connectivity index (χ2n) is 5.17. The Balaban J connectivity index is 1.80. The van der Waals surface area contributed by atoms with Crippen LogP contribution >= 0.6 is 11.8 Å². The molecule has 1 aromatic heterocycles. The Labute approximate surface area is 154 Å². The van der Waals surface area contributed by atoms with Gasteiger partial charge in [0.1, 0.15) is 0 Å². The highest BCUT2D eigenvalue weighted by Crippen LogP contribution is 2.30. The second-order valence-corrected chi connectivity index (χ2v) is 8.00. The van der Waals surface area contributed by atoms with Gasteiger partial charge in [0, 0.05) is 34.3 Å². The highest BCUT2D eigenvalue weighted by Gasteiger charge is 2.15. The summed E-state index contributed by atoms with van der Waals surface area (Å²) in [7, 11) is -3.73. The zero-order valence-corrected chi connectivity index (χ0v) is 14.9. The van der Waals surface area contributed by atoms with Gasteiger partial charge in [-0.05, 0) is 42.5 Å². The number of benzene rings is 2. The molecule has 0 saturated carbocycles. The largest absolute Gasteiger partial charge is 0.280 e. The first-order valence-corrected chi connectivity index (χ1v) is 9.69. The molecule has 0 aliphatic heterocycles. The average molecular weight is 387 g/mol. The molecule has 1 heterocycles. The molecule has 0 amide bonds. The molecule has 0 aliphatic rings. The molecule has 0 atom stereocenters. The third kappa shape index (κ3) is 4.38. The Morgan fingerprint density at radius 2 is 1.65 bits per heavy atom. The van der Waals surface area contributed by atoms with Crippen molar-refractivity contribution in [2.24, 2.45) is 0 Å². The van der Waals surface area contributed by atoms with Crippen LogP contribution in [-0.4, -0.2) is 18.3 Å². The van der Waals surface area contributed by atoms with Crippen LogP contribution in [0.2, 0.25) is 0 Å². The lowest BCUT2D eigenvalue weighted by Gasteiger charge is -2.09. The van der Waals surface area contributed by atoms with Crippen LogP contribution in [0.25, 0.3) is 0 Å². The molecule has 0 saturated heterocycles. The minimum atomic E-state index is -3.73. The summed E-state index contributed by atoms with van der Waals surface area (Å²) >= 11 is 1.32. The molecule has 132 valence electrons. The van der Waals surface area contributed by atoms with Crippen LogP contribution in [0, 0.1) is 10.1 Å². The van der Waals surface area contributed by atoms with E-state index in [0.29, 0.717) is 10.6 Å². The standard InChI is InChI=1S/C17H13N3O4S2/c21-20(22)14-4-6-15(7-5-14)25-16-2-1-3-17(12-16)26(23,24)19-13-8-10-18-11-9-13/h1-12H,(H,18,19). The Hall–Kier alpha value is -2.91. The van der Waals surface area contributed by atoms with E-state index in [9.17, 15) is 18.5 Å². The molecule has 3 rings (SSSR count). The minimum absolute atomic E-state index is 0.00669. The number of nitrogens with zero attached hydrogens (tertiary/aromatic N) is 2. The number of nitrogens with one attached hydrogen (secondary N) is 1. The third-order valence-corrected chi connectivity index (χ3v) is 5.71. The fraction of sp³-hybridized carbons (Fsp3) is 0. The molecular weight excluding hydrogens is 374 g/mol. The number of pyridine rings is 1. The van der Waals surface area contributed by atoms with Crippen LogP contribution in [0.4, 0.5) is 11.4 Å². The smallest absolute Gasteiger partial charge is 0.269 e. The summed E-state index contributed by atoms with van der Waals surface area (Å²) in [6.45, 7) is 0. The molecule has 0 unspecified atom stereocenters. The molecule has 0 radical (unpaired) electrons. The zero-order valence-electron chi connectivity index (χ0n) is 13.3. The molecule has 3 aromatic rings. The maximum atomic E-state index is 12.5. The molecule has 1 N–H and O–H groups in total. The lowest BCUT2D eigenvalue weighted by atomic mass is 10.3. The molecular formula is C17H13N3O4S2. The molecule has 2 aromatic carbocycles. The van der Waals surface area contributed by atoms with Gasteiger partial charge in [0.15, 0.2) is 0 Å². The number of nitro benzene ring substituents is 1. The third-order valence-electron chi connectivity index (χ3n) is 3.33. The van der Waals surface area contributed by atoms with Crippen LogP contribution in [0.3, 0.4) is 0 Å². The van der Waals surface area contributed by atoms with Crippen molar-refractivity contribution in [1.29, 1.82) is 0 Å². The number of rotatable bonds is 6. The van der Waals surface area contributed by atoms with Crippen molar-refractivity contribution in [3.63, 3.8) is 0 Å². The first-order valence-electron chi connectivity index (χ1n) is 7.39. The number of anilines is 1. The number of hydrogen-bond donors (Lipinski definition) is 1. The summed E-state index contributed by atoms with van der Waals surface area (Å²) in [5, 5.41) is 10.7. The van der Waals surface area contributed by atoms with Crippen molar-refractivity contribution >= 4 is 33.2 Å². The minimum Gasteiger partial charge on any atom is -0.280 e. The van der Waals surface area contributed by atoms with Crippen LogP contribution in [-0.2, 0) is 10.0 Å². The normalized spacial score (nSPS) is 11.1. The average Bonchev–Trinajstić information content (AvgIpc) is 2.63. The summed E-state index contributed by atoms with van der Waals surface area (Å²) < 4.78 is 27.5. The van der Waals surface area contributed by atoms with E-state index < -0.39 is 14.9 Å². The van der Waals surface area contributed by atoms with Gasteiger partial charge >= 0.3 is 0 Å². The van der Waals surface area contributed by atoms with E-state index in [1.165, 1.54) is 42.4 Å². The summed E-state index contributed by atoms with van der Waals surface area (Å²) in [5.74, 6) is 0. The number of hydrogen-bond acceptors (Lipinski definition) is 6. The summed E-state index contributed by atoms with van der Waals surface area (Å²) in [6, 6.07) is 15.7. The quantitative estimate of drug-likeness (QED) is 0.508. The van der Waals surface area contributed by atoms with Gasteiger partial charge in [-0.3, -0.25) is 19.8 Å². The van der Waals surface area contributed by atoms with Crippen molar-refractivity contribution in [3.05, 3.63) is 83.2 Å². The number of nitro groups is 1. The highest BCUT2D eigenvalue weighted by molar-refractivity contribution is 7.99. The molecule has 7 nitrogen and oxygen atoms in total. The fourth-order valence-electron chi connectivity index (χ4n) is 2.11. The first-order chi connectivity index (χ1) is 12.4. The Morgan fingerprint density at radius 3 is 2.31 bits per heavy atom. The van der Waals surface area contributed by atoms with Crippen molar-refractivity contribution in [2.45, 2.75) is 14.7 Å². The molecule has 0 bridgehead atoms. The maximum absolute atomic E-state index is 12.5. The molecule has 0 aliphatic carbocycles. The van der Waals surface area contributed by atoms with E-state index in [1.807, 2.05) is 0 Å². The van der Waals surface area contributed by atoms with Crippen LogP contribution in [0.1, 0.15) is 0 Å². The first kappa shape index (κ1) is 17.9. The lowest BCUT2D eigenvalue weighted by molar-refractivity contribution is -0.384. The van der Waals surface area contributed by atoms with Crippen molar-refractivity contribution in [1.82, 2.24) is 4.98 Å². The molecule has 0 fully saturated rings. The van der Waals surface area contributed by atoms with Gasteiger partial charge in [0.25, 0.3) is 15.7 Å². The van der Waals surface area contributed by atoms with Crippen molar-refractivity contribution in [3.8, 4) is 0 Å². The Morgan fingerprint density at radius 1 is 0.962 bits per heavy atom. The van der Waals surface area contributed by atoms with Gasteiger partial charge in [-0.2, -0.15) is 0 Å². The predicted molar refractivity (Wildman–Crippen MR) is 98.7 cm³/mol. The number of sulfonamides is 1. The van der Waals surface area contributed by atoms with E-state index in [1.54, 1.807) is 42.5 Å². The topological polar surface area (TPSA) is 102 Å². The SMILES string of the molecule is O=[N+]([O-])c1ccc(Sc2cccc(S(=O)(=O)Nc3ccncc3)c2)cc1. The van der Waals surface area contributed by atoms with E-state index in [4.69, 9.17) is 0 Å². The molecule has 26 heavy (non-hydrogen) atoms. The van der Waals surface area contributed by atoms with E-state index in [2.05, 4.69) is 9.71 Å². The lowest BCUT2D eigenvalue weighted by Crippen LogP contribution is -2.12. The zero-order chi connectivity index (χ0) is 18.6. The van der Waals surface area contributed by atoms with Gasteiger partial charge in [-0.1, -0.05) is 17.8 Å². The fourth-order valence-corrected chi connectivity index (χ4v) is 4.17.